The molecule has 14 heavy (non-hydrogen) atoms. The number of carbonyl (C=O) groups excluding carboxylic acids is 1. The lowest BCUT2D eigenvalue weighted by molar-refractivity contribution is 0.0984. The van der Waals surface area contributed by atoms with E-state index in [-0.39, 0.29) is 5.78 Å². The largest absolute Gasteiger partial charge is 0.399 e. The Morgan fingerprint density at radius 1 is 1.50 bits per heavy atom. The molecule has 0 aliphatic heterocycles. The molecule has 0 aliphatic rings. The van der Waals surface area contributed by atoms with Crippen molar-refractivity contribution in [2.24, 2.45) is 0 Å². The minimum Gasteiger partial charge on any atom is -0.399 e. The standard InChI is InChI=1S/C11H10ClNO/c1-2-3-4-11(14)8-5-9(12)7-10(13)6-8/h1,5-7H,3-4,13H2. The number of terminal acetylenes is 1. The molecule has 0 fully saturated rings. The number of hydrogen-bond donors (Lipinski definition) is 1. The van der Waals surface area contributed by atoms with Crippen LogP contribution < -0.4 is 5.73 Å². The van der Waals surface area contributed by atoms with Gasteiger partial charge in [0, 0.05) is 29.1 Å². The van der Waals surface area contributed by atoms with Crippen molar-refractivity contribution in [1.82, 2.24) is 0 Å². The Morgan fingerprint density at radius 2 is 2.21 bits per heavy atom. The Bertz CT molecular complexity index is 373. The van der Waals surface area contributed by atoms with Crippen LogP contribution in [-0.4, -0.2) is 5.78 Å². The molecule has 0 bridgehead atoms. The van der Waals surface area contributed by atoms with E-state index in [1.165, 1.54) is 0 Å². The molecule has 1 rings (SSSR count). The van der Waals surface area contributed by atoms with Crippen LogP contribution in [0.2, 0.25) is 5.02 Å². The molecule has 2 N–H and O–H groups in total. The maximum Gasteiger partial charge on any atom is 0.163 e. The predicted molar refractivity (Wildman–Crippen MR) is 58.3 cm³/mol. The number of Topliss-reactive ketones (excluding diaryl/α,β-unsaturated/α-hetero) is 1. The molecule has 0 aliphatic carbocycles. The lowest BCUT2D eigenvalue weighted by Crippen LogP contribution is -1.99. The SMILES string of the molecule is C#CCCC(=O)c1cc(N)cc(Cl)c1. The molecule has 0 atom stereocenters. The molecule has 2 nitrogen and oxygen atoms in total. The van der Waals surface area contributed by atoms with E-state index in [0.717, 1.165) is 0 Å². The second-order valence-electron chi connectivity index (χ2n) is 2.90. The van der Waals surface area contributed by atoms with E-state index in [4.69, 9.17) is 23.8 Å². The molecule has 1 aromatic rings. The molecule has 3 heteroatoms. The van der Waals surface area contributed by atoms with Crippen molar-refractivity contribution >= 4 is 23.1 Å². The summed E-state index contributed by atoms with van der Waals surface area (Å²) in [5.41, 5.74) is 6.56. The van der Waals surface area contributed by atoms with Gasteiger partial charge in [-0.1, -0.05) is 11.6 Å². The van der Waals surface area contributed by atoms with E-state index in [9.17, 15) is 4.79 Å². The summed E-state index contributed by atoms with van der Waals surface area (Å²) in [5.74, 6) is 2.38. The van der Waals surface area contributed by atoms with Crippen LogP contribution >= 0.6 is 11.6 Å². The van der Waals surface area contributed by atoms with E-state index in [1.807, 2.05) is 0 Å². The van der Waals surface area contributed by atoms with Crippen LogP contribution in [-0.2, 0) is 0 Å². The summed E-state index contributed by atoms with van der Waals surface area (Å²) in [4.78, 5) is 11.5. The van der Waals surface area contributed by atoms with Crippen molar-refractivity contribution in [2.75, 3.05) is 5.73 Å². The monoisotopic (exact) mass is 207 g/mol. The maximum atomic E-state index is 11.5. The predicted octanol–water partition coefficient (Wildman–Crippen LogP) is 2.52. The first-order chi connectivity index (χ1) is 6.63. The Labute approximate surface area is 88.1 Å². The Balaban J connectivity index is 2.85. The van der Waals surface area contributed by atoms with Gasteiger partial charge < -0.3 is 5.73 Å². The first-order valence-electron chi connectivity index (χ1n) is 4.16. The van der Waals surface area contributed by atoms with Crippen LogP contribution in [0.25, 0.3) is 0 Å². The van der Waals surface area contributed by atoms with Crippen molar-refractivity contribution in [2.45, 2.75) is 12.8 Å². The fourth-order valence-corrected chi connectivity index (χ4v) is 1.35. The van der Waals surface area contributed by atoms with Gasteiger partial charge in [0.2, 0.25) is 0 Å². The highest BCUT2D eigenvalue weighted by atomic mass is 35.5. The van der Waals surface area contributed by atoms with Crippen molar-refractivity contribution in [3.8, 4) is 12.3 Å². The average Bonchev–Trinajstić information content (AvgIpc) is 2.12. The first-order valence-corrected chi connectivity index (χ1v) is 4.54. The molecule has 0 radical (unpaired) electrons. The van der Waals surface area contributed by atoms with Crippen LogP contribution in [0.1, 0.15) is 23.2 Å². The molecular weight excluding hydrogens is 198 g/mol. The molecule has 0 amide bonds. The lowest BCUT2D eigenvalue weighted by Gasteiger charge is -2.01. The molecule has 1 aromatic carbocycles. The van der Waals surface area contributed by atoms with Gasteiger partial charge in [-0.3, -0.25) is 4.79 Å². The van der Waals surface area contributed by atoms with E-state index < -0.39 is 0 Å². The maximum absolute atomic E-state index is 11.5. The summed E-state index contributed by atoms with van der Waals surface area (Å²) in [7, 11) is 0. The number of hydrogen-bond acceptors (Lipinski definition) is 2. The number of rotatable bonds is 3. The molecule has 0 spiro atoms. The lowest BCUT2D eigenvalue weighted by atomic mass is 10.1. The Kier molecular flexibility index (Phi) is 3.55. The Hall–Kier alpha value is -1.46. The van der Waals surface area contributed by atoms with Crippen LogP contribution in [0.5, 0.6) is 0 Å². The fraction of sp³-hybridized carbons (Fsp3) is 0.182. The van der Waals surface area contributed by atoms with Crippen LogP contribution in [0.4, 0.5) is 5.69 Å². The minimum absolute atomic E-state index is 0.0304. The number of benzene rings is 1. The molecular formula is C11H10ClNO. The number of anilines is 1. The quantitative estimate of drug-likeness (QED) is 0.470. The molecule has 0 heterocycles. The second-order valence-corrected chi connectivity index (χ2v) is 3.34. The summed E-state index contributed by atoms with van der Waals surface area (Å²) in [5, 5.41) is 0.467. The third kappa shape index (κ3) is 2.79. The molecule has 72 valence electrons. The summed E-state index contributed by atoms with van der Waals surface area (Å²) < 4.78 is 0. The van der Waals surface area contributed by atoms with E-state index in [0.29, 0.717) is 29.1 Å². The zero-order valence-corrected chi connectivity index (χ0v) is 8.34. The summed E-state index contributed by atoms with van der Waals surface area (Å²) >= 11 is 5.76. The summed E-state index contributed by atoms with van der Waals surface area (Å²) in [6.45, 7) is 0. The highest BCUT2D eigenvalue weighted by Crippen LogP contribution is 2.18. The van der Waals surface area contributed by atoms with Crippen molar-refractivity contribution < 1.29 is 4.79 Å². The highest BCUT2D eigenvalue weighted by molar-refractivity contribution is 6.31. The average molecular weight is 208 g/mol. The minimum atomic E-state index is -0.0304. The van der Waals surface area contributed by atoms with Gasteiger partial charge in [0.1, 0.15) is 0 Å². The van der Waals surface area contributed by atoms with E-state index in [1.54, 1.807) is 18.2 Å². The number of halogens is 1. The number of carbonyl (C=O) groups is 1. The van der Waals surface area contributed by atoms with E-state index in [2.05, 4.69) is 5.92 Å². The zero-order chi connectivity index (χ0) is 10.6. The van der Waals surface area contributed by atoms with Gasteiger partial charge in [-0.25, -0.2) is 0 Å². The normalized spacial score (nSPS) is 9.43. The van der Waals surface area contributed by atoms with Crippen molar-refractivity contribution in [3.05, 3.63) is 28.8 Å². The summed E-state index contributed by atoms with van der Waals surface area (Å²) in [6.07, 6.45) is 5.83. The van der Waals surface area contributed by atoms with Gasteiger partial charge in [0.15, 0.2) is 5.78 Å². The van der Waals surface area contributed by atoms with Gasteiger partial charge in [-0.15, -0.1) is 12.3 Å². The molecule has 0 saturated heterocycles. The van der Waals surface area contributed by atoms with E-state index >= 15 is 0 Å². The van der Waals surface area contributed by atoms with Gasteiger partial charge in [0.05, 0.1) is 0 Å². The summed E-state index contributed by atoms with van der Waals surface area (Å²) in [6, 6.07) is 4.79. The van der Waals surface area contributed by atoms with Crippen LogP contribution in [0.3, 0.4) is 0 Å². The molecule has 0 aromatic heterocycles. The smallest absolute Gasteiger partial charge is 0.163 e. The van der Waals surface area contributed by atoms with Gasteiger partial charge >= 0.3 is 0 Å². The van der Waals surface area contributed by atoms with Gasteiger partial charge in [-0.2, -0.15) is 0 Å². The first kappa shape index (κ1) is 10.6. The van der Waals surface area contributed by atoms with Crippen molar-refractivity contribution in [1.29, 1.82) is 0 Å². The molecule has 0 saturated carbocycles. The topological polar surface area (TPSA) is 43.1 Å². The Morgan fingerprint density at radius 3 is 2.79 bits per heavy atom. The molecule has 0 unspecified atom stereocenters. The van der Waals surface area contributed by atoms with Crippen LogP contribution in [0.15, 0.2) is 18.2 Å². The number of nitrogen functional groups attached to an aromatic ring is 1. The third-order valence-corrected chi connectivity index (χ3v) is 1.96. The van der Waals surface area contributed by atoms with Gasteiger partial charge in [-0.05, 0) is 18.2 Å². The van der Waals surface area contributed by atoms with Gasteiger partial charge in [0.25, 0.3) is 0 Å². The zero-order valence-electron chi connectivity index (χ0n) is 7.59. The number of ketones is 1. The second kappa shape index (κ2) is 4.69. The fourth-order valence-electron chi connectivity index (χ4n) is 1.10. The van der Waals surface area contributed by atoms with Crippen molar-refractivity contribution in [3.63, 3.8) is 0 Å². The number of nitrogens with two attached hydrogens (primary N) is 1. The highest BCUT2D eigenvalue weighted by Gasteiger charge is 2.06. The van der Waals surface area contributed by atoms with Crippen LogP contribution in [0, 0.1) is 12.3 Å². The third-order valence-electron chi connectivity index (χ3n) is 1.74.